The Hall–Kier alpha value is -2.13. The summed E-state index contributed by atoms with van der Waals surface area (Å²) in [5, 5.41) is 0. The molecule has 4 rings (SSSR count). The van der Waals surface area contributed by atoms with Gasteiger partial charge in [0.25, 0.3) is 0 Å². The number of aryl methyl sites for hydroxylation is 1. The van der Waals surface area contributed by atoms with Crippen molar-refractivity contribution in [2.24, 2.45) is 0 Å². The lowest BCUT2D eigenvalue weighted by Gasteiger charge is -2.32. The maximum atomic E-state index is 2.49. The average Bonchev–Trinajstić information content (AvgIpc) is 2.97. The molecule has 0 fully saturated rings. The van der Waals surface area contributed by atoms with E-state index in [0.29, 0.717) is 6.04 Å². The Kier molecular flexibility index (Phi) is 3.66. The summed E-state index contributed by atoms with van der Waals surface area (Å²) in [4.78, 5) is 3.78. The summed E-state index contributed by atoms with van der Waals surface area (Å²) >= 11 is 1.81. The number of benzene rings is 2. The van der Waals surface area contributed by atoms with Crippen LogP contribution in [0.15, 0.2) is 71.8 Å². The molecule has 1 atom stereocenters. The van der Waals surface area contributed by atoms with Gasteiger partial charge >= 0.3 is 0 Å². The average molecular weight is 320 g/mol. The number of para-hydroxylation sites is 1. The first kappa shape index (κ1) is 14.5. The van der Waals surface area contributed by atoms with E-state index in [-0.39, 0.29) is 0 Å². The van der Waals surface area contributed by atoms with Gasteiger partial charge in [0.2, 0.25) is 0 Å². The number of hydrogen-bond acceptors (Lipinski definition) is 2. The molecule has 1 aromatic heterocycles. The van der Waals surface area contributed by atoms with Crippen LogP contribution in [0.3, 0.4) is 0 Å². The van der Waals surface area contributed by atoms with Crippen molar-refractivity contribution in [3.8, 4) is 0 Å². The van der Waals surface area contributed by atoms with E-state index in [0.717, 1.165) is 6.42 Å². The number of anilines is 2. The molecule has 0 saturated carbocycles. The number of aromatic nitrogens is 1. The van der Waals surface area contributed by atoms with Crippen LogP contribution in [0.25, 0.3) is 0 Å². The largest absolute Gasteiger partial charge is 0.331 e. The Labute approximate surface area is 141 Å². The molecule has 0 N–H and O–H groups in total. The molecule has 2 aromatic carbocycles. The molecule has 1 aliphatic rings. The normalized spacial score (nSPS) is 16.6. The summed E-state index contributed by atoms with van der Waals surface area (Å²) in [6.07, 6.45) is 3.23. The van der Waals surface area contributed by atoms with Gasteiger partial charge in [-0.05, 0) is 61.7 Å². The molecule has 3 aromatic rings. The molecule has 3 heteroatoms. The van der Waals surface area contributed by atoms with E-state index >= 15 is 0 Å². The number of fused-ring (bicyclic) bond motifs is 2. The van der Waals surface area contributed by atoms with Gasteiger partial charge in [0.05, 0.1) is 22.3 Å². The monoisotopic (exact) mass is 320 g/mol. The maximum Gasteiger partial charge on any atom is 0.0750 e. The van der Waals surface area contributed by atoms with Crippen molar-refractivity contribution in [3.05, 3.63) is 78.1 Å². The molecule has 1 unspecified atom stereocenters. The molecule has 2 nitrogen and oxygen atoms in total. The van der Waals surface area contributed by atoms with Crippen molar-refractivity contribution in [1.29, 1.82) is 0 Å². The summed E-state index contributed by atoms with van der Waals surface area (Å²) in [5.41, 5.74) is 5.19. The molecule has 0 saturated heterocycles. The highest BCUT2D eigenvalue weighted by Crippen LogP contribution is 2.46. The first-order chi connectivity index (χ1) is 11.3. The summed E-state index contributed by atoms with van der Waals surface area (Å²) in [6.45, 7) is 4.40. The molecule has 0 bridgehead atoms. The lowest BCUT2D eigenvalue weighted by atomic mass is 10.1. The minimum absolute atomic E-state index is 0.337. The third-order valence-electron chi connectivity index (χ3n) is 4.42. The fourth-order valence-corrected chi connectivity index (χ4v) is 4.31. The van der Waals surface area contributed by atoms with Gasteiger partial charge in [-0.2, -0.15) is 0 Å². The number of nitrogens with zero attached hydrogens (tertiary/aromatic N) is 2. The van der Waals surface area contributed by atoms with Crippen molar-refractivity contribution in [2.75, 3.05) is 4.90 Å². The van der Waals surface area contributed by atoms with Gasteiger partial charge in [0.15, 0.2) is 0 Å². The minimum atomic E-state index is 0.337. The zero-order chi connectivity index (χ0) is 15.8. The molecule has 0 amide bonds. The molecule has 0 radical (unpaired) electrons. The van der Waals surface area contributed by atoms with Gasteiger partial charge < -0.3 is 4.90 Å². The van der Waals surface area contributed by atoms with Crippen LogP contribution in [0.4, 0.5) is 11.4 Å². The number of hydrogen-bond donors (Lipinski definition) is 0. The maximum absolute atomic E-state index is 2.49. The Morgan fingerprint density at radius 1 is 0.957 bits per heavy atom. The molecule has 23 heavy (non-hydrogen) atoms. The van der Waals surface area contributed by atoms with Crippen LogP contribution >= 0.6 is 11.9 Å². The Balaban J connectivity index is 1.94. The standard InChI is InChI=1S/C20H20N2S/c1-3-17-18-8-6-14-21(18)23-20-9-5-4-7-19(20)22(17)16-12-10-15(2)11-13-16/h4-14,17H,3H2,1-2H3. The molecule has 2 heterocycles. The van der Waals surface area contributed by atoms with Gasteiger partial charge in [-0.15, -0.1) is 0 Å². The second kappa shape index (κ2) is 5.82. The van der Waals surface area contributed by atoms with Crippen LogP contribution in [0, 0.1) is 6.92 Å². The molecular weight excluding hydrogens is 300 g/mol. The zero-order valence-corrected chi connectivity index (χ0v) is 14.3. The first-order valence-electron chi connectivity index (χ1n) is 8.08. The fourth-order valence-electron chi connectivity index (χ4n) is 3.28. The zero-order valence-electron chi connectivity index (χ0n) is 13.4. The quantitative estimate of drug-likeness (QED) is 0.576. The van der Waals surface area contributed by atoms with E-state index in [1.807, 2.05) is 0 Å². The second-order valence-corrected chi connectivity index (χ2v) is 6.96. The summed E-state index contributed by atoms with van der Waals surface area (Å²) in [7, 11) is 0. The van der Waals surface area contributed by atoms with Crippen LogP contribution in [-0.2, 0) is 0 Å². The van der Waals surface area contributed by atoms with E-state index in [9.17, 15) is 0 Å². The Bertz CT molecular complexity index is 820. The smallest absolute Gasteiger partial charge is 0.0750 e. The molecule has 116 valence electrons. The van der Waals surface area contributed by atoms with Gasteiger partial charge in [0, 0.05) is 11.9 Å². The highest BCUT2D eigenvalue weighted by molar-refractivity contribution is 7.98. The first-order valence-corrected chi connectivity index (χ1v) is 8.86. The van der Waals surface area contributed by atoms with Gasteiger partial charge in [-0.1, -0.05) is 36.8 Å². The summed E-state index contributed by atoms with van der Waals surface area (Å²) in [5.74, 6) is 0. The second-order valence-electron chi connectivity index (χ2n) is 5.95. The van der Waals surface area contributed by atoms with Crippen LogP contribution in [0.5, 0.6) is 0 Å². The summed E-state index contributed by atoms with van der Waals surface area (Å²) in [6, 6.07) is 22.3. The Morgan fingerprint density at radius 3 is 2.52 bits per heavy atom. The van der Waals surface area contributed by atoms with E-state index in [4.69, 9.17) is 0 Å². The predicted molar refractivity (Wildman–Crippen MR) is 98.5 cm³/mol. The number of rotatable bonds is 2. The third-order valence-corrected chi connectivity index (χ3v) is 5.49. The molecule has 1 aliphatic heterocycles. The van der Waals surface area contributed by atoms with Gasteiger partial charge in [0.1, 0.15) is 0 Å². The SMILES string of the molecule is CCC1c2cccn2Sc2ccccc2N1c1ccc(C)cc1. The third kappa shape index (κ3) is 2.45. The highest BCUT2D eigenvalue weighted by Gasteiger charge is 2.28. The van der Waals surface area contributed by atoms with Crippen LogP contribution in [0.2, 0.25) is 0 Å². The predicted octanol–water partition coefficient (Wildman–Crippen LogP) is 5.95. The molecule has 0 aliphatic carbocycles. The van der Waals surface area contributed by atoms with Crippen LogP contribution < -0.4 is 4.90 Å². The summed E-state index contributed by atoms with van der Waals surface area (Å²) < 4.78 is 2.31. The van der Waals surface area contributed by atoms with E-state index in [2.05, 4.69) is 89.6 Å². The van der Waals surface area contributed by atoms with Crippen molar-refractivity contribution >= 4 is 23.3 Å². The minimum Gasteiger partial charge on any atom is -0.331 e. The fraction of sp³-hybridized carbons (Fsp3) is 0.200. The van der Waals surface area contributed by atoms with Crippen LogP contribution in [-0.4, -0.2) is 3.97 Å². The lowest BCUT2D eigenvalue weighted by molar-refractivity contribution is 0.652. The van der Waals surface area contributed by atoms with Gasteiger partial charge in [-0.3, -0.25) is 3.97 Å². The van der Waals surface area contributed by atoms with Crippen molar-refractivity contribution in [2.45, 2.75) is 31.2 Å². The van der Waals surface area contributed by atoms with Crippen LogP contribution in [0.1, 0.15) is 30.6 Å². The lowest BCUT2D eigenvalue weighted by Crippen LogP contribution is -2.23. The van der Waals surface area contributed by atoms with Crippen molar-refractivity contribution in [1.82, 2.24) is 3.97 Å². The van der Waals surface area contributed by atoms with E-state index in [1.54, 1.807) is 11.9 Å². The Morgan fingerprint density at radius 2 is 1.74 bits per heavy atom. The van der Waals surface area contributed by atoms with E-state index < -0.39 is 0 Å². The van der Waals surface area contributed by atoms with Gasteiger partial charge in [-0.25, -0.2) is 0 Å². The molecule has 0 spiro atoms. The van der Waals surface area contributed by atoms with Crippen molar-refractivity contribution in [3.63, 3.8) is 0 Å². The van der Waals surface area contributed by atoms with E-state index in [1.165, 1.54) is 27.5 Å². The molecular formula is C20H20N2S. The highest BCUT2D eigenvalue weighted by atomic mass is 32.2. The van der Waals surface area contributed by atoms with Crippen molar-refractivity contribution < 1.29 is 0 Å². The topological polar surface area (TPSA) is 8.17 Å².